The first-order chi connectivity index (χ1) is 10.3. The zero-order valence-corrected chi connectivity index (χ0v) is 12.8. The number of aromatic amines is 1. The molecule has 3 rings (SSSR count). The summed E-state index contributed by atoms with van der Waals surface area (Å²) in [5.74, 6) is 0.785. The molecule has 0 amide bonds. The molecule has 1 aromatic carbocycles. The zero-order chi connectivity index (χ0) is 14.7. The number of H-pyrrole nitrogens is 1. The van der Waals surface area contributed by atoms with Crippen LogP contribution < -0.4 is 14.9 Å². The average molecular weight is 305 g/mol. The molecule has 0 radical (unpaired) electrons. The zero-order valence-electron chi connectivity index (χ0n) is 12.0. The molecule has 1 fully saturated rings. The third kappa shape index (κ3) is 3.18. The van der Waals surface area contributed by atoms with Gasteiger partial charge in [0.15, 0.2) is 0 Å². The molecule has 5 nitrogen and oxygen atoms in total. The first kappa shape index (κ1) is 14.3. The van der Waals surface area contributed by atoms with Crippen LogP contribution in [0, 0.1) is 0 Å². The van der Waals surface area contributed by atoms with E-state index >= 15 is 0 Å². The number of piperazine rings is 1. The minimum Gasteiger partial charge on any atom is -0.496 e. The number of aromatic nitrogens is 1. The van der Waals surface area contributed by atoms with Crippen LogP contribution in [0.25, 0.3) is 11.3 Å². The van der Waals surface area contributed by atoms with Crippen molar-refractivity contribution in [3.63, 3.8) is 0 Å². The Balaban J connectivity index is 1.93. The molecule has 1 aliphatic rings. The quantitative estimate of drug-likeness (QED) is 0.899. The maximum absolute atomic E-state index is 11.8. The molecule has 1 aliphatic heterocycles. The maximum atomic E-state index is 11.8. The lowest BCUT2D eigenvalue weighted by Crippen LogP contribution is -2.42. The van der Waals surface area contributed by atoms with Gasteiger partial charge in [0.05, 0.1) is 12.8 Å². The molecule has 6 heteroatoms. The van der Waals surface area contributed by atoms with Crippen molar-refractivity contribution in [2.45, 2.75) is 6.54 Å². The van der Waals surface area contributed by atoms with Gasteiger partial charge in [0.25, 0.3) is 0 Å². The normalized spacial score (nSPS) is 16.0. The van der Waals surface area contributed by atoms with E-state index in [4.69, 9.17) is 4.74 Å². The SMILES string of the molecule is COc1ccccc1-c1[nH]c(=O)sc1CN1CCNCC1. The molecular weight excluding hydrogens is 286 g/mol. The van der Waals surface area contributed by atoms with E-state index in [1.54, 1.807) is 7.11 Å². The summed E-state index contributed by atoms with van der Waals surface area (Å²) in [5.41, 5.74) is 1.84. The summed E-state index contributed by atoms with van der Waals surface area (Å²) in [7, 11) is 1.65. The number of methoxy groups -OCH3 is 1. The van der Waals surface area contributed by atoms with Crippen LogP contribution in [-0.4, -0.2) is 43.2 Å². The predicted octanol–water partition coefficient (Wildman–Crippen LogP) is 1.52. The number of nitrogens with zero attached hydrogens (tertiary/aromatic N) is 1. The Morgan fingerprint density at radius 3 is 2.81 bits per heavy atom. The van der Waals surface area contributed by atoms with Crippen molar-refractivity contribution in [1.82, 2.24) is 15.2 Å². The van der Waals surface area contributed by atoms with Crippen molar-refractivity contribution < 1.29 is 4.74 Å². The van der Waals surface area contributed by atoms with Crippen LogP contribution in [-0.2, 0) is 6.54 Å². The first-order valence-electron chi connectivity index (χ1n) is 7.06. The summed E-state index contributed by atoms with van der Waals surface area (Å²) < 4.78 is 5.41. The number of hydrogen-bond donors (Lipinski definition) is 2. The van der Waals surface area contributed by atoms with Gasteiger partial charge in [0.1, 0.15) is 5.75 Å². The molecule has 21 heavy (non-hydrogen) atoms. The number of para-hydroxylation sites is 1. The summed E-state index contributed by atoms with van der Waals surface area (Å²) in [4.78, 5) is 18.2. The first-order valence-corrected chi connectivity index (χ1v) is 7.88. The average Bonchev–Trinajstić information content (AvgIpc) is 2.88. The second-order valence-electron chi connectivity index (χ2n) is 5.04. The van der Waals surface area contributed by atoms with Crippen LogP contribution in [0.5, 0.6) is 5.75 Å². The fraction of sp³-hybridized carbons (Fsp3) is 0.400. The van der Waals surface area contributed by atoms with Gasteiger partial charge in [-0.3, -0.25) is 9.69 Å². The van der Waals surface area contributed by atoms with Gasteiger partial charge >= 0.3 is 4.87 Å². The topological polar surface area (TPSA) is 57.4 Å². The van der Waals surface area contributed by atoms with Crippen LogP contribution in [0.1, 0.15) is 4.88 Å². The van der Waals surface area contributed by atoms with Gasteiger partial charge in [0.2, 0.25) is 0 Å². The molecule has 0 saturated carbocycles. The third-order valence-corrected chi connectivity index (χ3v) is 4.54. The molecule has 2 N–H and O–H groups in total. The summed E-state index contributed by atoms with van der Waals surface area (Å²) in [5, 5.41) is 3.34. The van der Waals surface area contributed by atoms with Crippen LogP contribution in [0.4, 0.5) is 0 Å². The van der Waals surface area contributed by atoms with Gasteiger partial charge in [-0.1, -0.05) is 23.5 Å². The van der Waals surface area contributed by atoms with Crippen molar-refractivity contribution in [3.05, 3.63) is 38.8 Å². The maximum Gasteiger partial charge on any atom is 0.305 e. The van der Waals surface area contributed by atoms with Crippen LogP contribution >= 0.6 is 11.3 Å². The van der Waals surface area contributed by atoms with Gasteiger partial charge in [-0.25, -0.2) is 0 Å². The Labute approximate surface area is 127 Å². The lowest BCUT2D eigenvalue weighted by Gasteiger charge is -2.26. The summed E-state index contributed by atoms with van der Waals surface area (Å²) in [6.45, 7) is 4.83. The van der Waals surface area contributed by atoms with Gasteiger partial charge in [0, 0.05) is 43.2 Å². The number of benzene rings is 1. The van der Waals surface area contributed by atoms with Crippen LogP contribution in [0.3, 0.4) is 0 Å². The van der Waals surface area contributed by atoms with E-state index < -0.39 is 0 Å². The van der Waals surface area contributed by atoms with E-state index in [2.05, 4.69) is 15.2 Å². The Kier molecular flexibility index (Phi) is 4.38. The van der Waals surface area contributed by atoms with Crippen molar-refractivity contribution in [1.29, 1.82) is 0 Å². The summed E-state index contributed by atoms with van der Waals surface area (Å²) in [6, 6.07) is 7.79. The van der Waals surface area contributed by atoms with Crippen molar-refractivity contribution >= 4 is 11.3 Å². The highest BCUT2D eigenvalue weighted by molar-refractivity contribution is 7.09. The minimum absolute atomic E-state index is 0.0129. The van der Waals surface area contributed by atoms with Gasteiger partial charge in [-0.05, 0) is 12.1 Å². The van der Waals surface area contributed by atoms with Crippen molar-refractivity contribution in [3.8, 4) is 17.0 Å². The lowest BCUT2D eigenvalue weighted by molar-refractivity contribution is 0.235. The van der Waals surface area contributed by atoms with E-state index in [0.29, 0.717) is 0 Å². The highest BCUT2D eigenvalue weighted by atomic mass is 32.1. The highest BCUT2D eigenvalue weighted by Gasteiger charge is 2.18. The molecule has 1 saturated heterocycles. The third-order valence-electron chi connectivity index (χ3n) is 3.67. The standard InChI is InChI=1S/C15H19N3O2S/c1-20-12-5-3-2-4-11(12)14-13(21-15(19)17-14)10-18-8-6-16-7-9-18/h2-5,16H,6-10H2,1H3,(H,17,19). The van der Waals surface area contributed by atoms with Gasteiger partial charge < -0.3 is 15.0 Å². The van der Waals surface area contributed by atoms with Gasteiger partial charge in [-0.15, -0.1) is 0 Å². The molecule has 2 aromatic rings. The number of ether oxygens (including phenoxy) is 1. The smallest absolute Gasteiger partial charge is 0.305 e. The summed E-state index contributed by atoms with van der Waals surface area (Å²) >= 11 is 1.29. The van der Waals surface area contributed by atoms with Crippen LogP contribution in [0.2, 0.25) is 0 Å². The van der Waals surface area contributed by atoms with E-state index in [-0.39, 0.29) is 4.87 Å². The number of hydrogen-bond acceptors (Lipinski definition) is 5. The van der Waals surface area contributed by atoms with E-state index in [0.717, 1.165) is 54.6 Å². The molecular formula is C15H19N3O2S. The van der Waals surface area contributed by atoms with E-state index in [1.165, 1.54) is 11.3 Å². The molecule has 1 aromatic heterocycles. The molecule has 0 aliphatic carbocycles. The largest absolute Gasteiger partial charge is 0.496 e. The van der Waals surface area contributed by atoms with E-state index in [1.807, 2.05) is 24.3 Å². The second-order valence-corrected chi connectivity index (χ2v) is 6.11. The molecule has 0 atom stereocenters. The van der Waals surface area contributed by atoms with Crippen LogP contribution in [0.15, 0.2) is 29.1 Å². The molecule has 0 unspecified atom stereocenters. The fourth-order valence-electron chi connectivity index (χ4n) is 2.61. The van der Waals surface area contributed by atoms with Gasteiger partial charge in [-0.2, -0.15) is 0 Å². The highest BCUT2D eigenvalue weighted by Crippen LogP contribution is 2.32. The molecule has 0 spiro atoms. The minimum atomic E-state index is -0.0129. The molecule has 0 bridgehead atoms. The Hall–Kier alpha value is -1.63. The molecule has 112 valence electrons. The Morgan fingerprint density at radius 2 is 2.05 bits per heavy atom. The fourth-order valence-corrected chi connectivity index (χ4v) is 3.50. The Bertz CT molecular complexity index is 659. The monoisotopic (exact) mass is 305 g/mol. The lowest BCUT2D eigenvalue weighted by atomic mass is 10.1. The van der Waals surface area contributed by atoms with E-state index in [9.17, 15) is 4.79 Å². The summed E-state index contributed by atoms with van der Waals surface area (Å²) in [6.07, 6.45) is 0. The van der Waals surface area contributed by atoms with Crippen molar-refractivity contribution in [2.24, 2.45) is 0 Å². The Morgan fingerprint density at radius 1 is 1.29 bits per heavy atom. The number of nitrogens with one attached hydrogen (secondary N) is 2. The second kappa shape index (κ2) is 6.43. The molecule has 2 heterocycles. The predicted molar refractivity (Wildman–Crippen MR) is 85.1 cm³/mol. The number of rotatable bonds is 4. The number of thiazole rings is 1. The van der Waals surface area contributed by atoms with Crippen molar-refractivity contribution in [2.75, 3.05) is 33.3 Å².